The monoisotopic (exact) mass is 402 g/mol. The number of methoxy groups -OCH3 is 2. The molecule has 0 bridgehead atoms. The molecule has 12 nitrogen and oxygen atoms in total. The fraction of sp³-hybridized carbons (Fsp3) is 0.294. The van der Waals surface area contributed by atoms with E-state index in [1.54, 1.807) is 16.9 Å². The molecule has 0 saturated heterocycles. The van der Waals surface area contributed by atoms with Crippen molar-refractivity contribution in [2.75, 3.05) is 19.5 Å². The van der Waals surface area contributed by atoms with E-state index < -0.39 is 16.5 Å². The largest absolute Gasteiger partial charge is 0.493 e. The summed E-state index contributed by atoms with van der Waals surface area (Å²) in [4.78, 5) is 23.3. The van der Waals surface area contributed by atoms with E-state index in [-0.39, 0.29) is 35.0 Å². The van der Waals surface area contributed by atoms with Crippen LogP contribution in [-0.4, -0.2) is 45.0 Å². The second-order valence-electron chi connectivity index (χ2n) is 6.10. The maximum absolute atomic E-state index is 12.6. The number of rotatable bonds is 7. The number of hydrogen-bond acceptors (Lipinski definition) is 9. The van der Waals surface area contributed by atoms with Crippen molar-refractivity contribution in [2.45, 2.75) is 19.9 Å². The van der Waals surface area contributed by atoms with Gasteiger partial charge in [0.15, 0.2) is 11.5 Å². The Labute approximate surface area is 164 Å². The van der Waals surface area contributed by atoms with E-state index in [1.807, 2.05) is 13.8 Å². The second-order valence-corrected chi connectivity index (χ2v) is 6.10. The third kappa shape index (κ3) is 3.85. The summed E-state index contributed by atoms with van der Waals surface area (Å²) < 4.78 is 17.3. The SMILES string of the molecule is COc1cc(C(=O)Nc2nnc(-c3ccnn3C(C)C)o2)c([N+](=O)[O-])cc1OC. The Morgan fingerprint density at radius 1 is 1.24 bits per heavy atom. The number of nitrogens with zero attached hydrogens (tertiary/aromatic N) is 5. The van der Waals surface area contributed by atoms with Crippen LogP contribution >= 0.6 is 0 Å². The number of hydrogen-bond donors (Lipinski definition) is 1. The molecule has 0 unspecified atom stereocenters. The summed E-state index contributed by atoms with van der Waals surface area (Å²) in [6.07, 6.45) is 1.59. The average Bonchev–Trinajstić information content (AvgIpc) is 3.35. The van der Waals surface area contributed by atoms with Crippen molar-refractivity contribution in [3.05, 3.63) is 40.1 Å². The fourth-order valence-electron chi connectivity index (χ4n) is 2.64. The molecule has 0 aliphatic heterocycles. The van der Waals surface area contributed by atoms with E-state index in [1.165, 1.54) is 20.3 Å². The predicted molar refractivity (Wildman–Crippen MR) is 100 cm³/mol. The summed E-state index contributed by atoms with van der Waals surface area (Å²) in [5, 5.41) is 25.6. The summed E-state index contributed by atoms with van der Waals surface area (Å²) >= 11 is 0. The van der Waals surface area contributed by atoms with Crippen molar-refractivity contribution in [3.8, 4) is 23.1 Å². The first-order valence-corrected chi connectivity index (χ1v) is 8.44. The molecule has 1 N–H and O–H groups in total. The molecule has 29 heavy (non-hydrogen) atoms. The molecule has 2 aromatic heterocycles. The van der Waals surface area contributed by atoms with Gasteiger partial charge in [0.05, 0.1) is 25.2 Å². The molecule has 0 spiro atoms. The van der Waals surface area contributed by atoms with Crippen molar-refractivity contribution >= 4 is 17.6 Å². The molecule has 12 heteroatoms. The summed E-state index contributed by atoms with van der Waals surface area (Å²) in [7, 11) is 2.69. The Kier molecular flexibility index (Phi) is 5.43. The lowest BCUT2D eigenvalue weighted by Crippen LogP contribution is -2.14. The van der Waals surface area contributed by atoms with Gasteiger partial charge >= 0.3 is 6.01 Å². The molecule has 0 saturated carbocycles. The number of benzene rings is 1. The van der Waals surface area contributed by atoms with Gasteiger partial charge in [0.2, 0.25) is 0 Å². The highest BCUT2D eigenvalue weighted by Gasteiger charge is 2.26. The van der Waals surface area contributed by atoms with E-state index >= 15 is 0 Å². The van der Waals surface area contributed by atoms with Gasteiger partial charge in [-0.1, -0.05) is 5.10 Å². The van der Waals surface area contributed by atoms with E-state index in [0.717, 1.165) is 6.07 Å². The normalized spacial score (nSPS) is 10.8. The van der Waals surface area contributed by atoms with E-state index in [2.05, 4.69) is 20.6 Å². The van der Waals surface area contributed by atoms with Gasteiger partial charge in [0.1, 0.15) is 11.3 Å². The van der Waals surface area contributed by atoms with Crippen LogP contribution in [0.5, 0.6) is 11.5 Å². The van der Waals surface area contributed by atoms with Gasteiger partial charge in [-0.3, -0.25) is 24.9 Å². The van der Waals surface area contributed by atoms with Crippen molar-refractivity contribution in [3.63, 3.8) is 0 Å². The molecule has 0 radical (unpaired) electrons. The molecule has 1 aromatic carbocycles. The molecule has 3 aromatic rings. The third-order valence-electron chi connectivity index (χ3n) is 3.97. The Morgan fingerprint density at radius 3 is 2.55 bits per heavy atom. The first kappa shape index (κ1) is 19.8. The minimum Gasteiger partial charge on any atom is -0.493 e. The summed E-state index contributed by atoms with van der Waals surface area (Å²) in [6.45, 7) is 3.87. The lowest BCUT2D eigenvalue weighted by molar-refractivity contribution is -0.385. The van der Waals surface area contributed by atoms with Crippen LogP contribution in [0.1, 0.15) is 30.2 Å². The minimum absolute atomic E-state index is 0.0550. The lowest BCUT2D eigenvalue weighted by Gasteiger charge is -2.10. The van der Waals surface area contributed by atoms with Gasteiger partial charge in [0, 0.05) is 18.3 Å². The van der Waals surface area contributed by atoms with Crippen LogP contribution in [0.3, 0.4) is 0 Å². The van der Waals surface area contributed by atoms with Crippen molar-refractivity contribution < 1.29 is 23.6 Å². The quantitative estimate of drug-likeness (QED) is 0.465. The minimum atomic E-state index is -0.815. The summed E-state index contributed by atoms with van der Waals surface area (Å²) in [5.41, 5.74) is -0.137. The number of nitro benzene ring substituents is 1. The highest BCUT2D eigenvalue weighted by molar-refractivity contribution is 6.06. The van der Waals surface area contributed by atoms with Crippen molar-refractivity contribution in [1.82, 2.24) is 20.0 Å². The molecular formula is C17H18N6O6. The van der Waals surface area contributed by atoms with Gasteiger partial charge in [-0.05, 0) is 19.9 Å². The molecular weight excluding hydrogens is 384 g/mol. The summed E-state index contributed by atoms with van der Waals surface area (Å²) in [6, 6.07) is 3.84. The molecule has 152 valence electrons. The Bertz CT molecular complexity index is 1060. The smallest absolute Gasteiger partial charge is 0.322 e. The highest BCUT2D eigenvalue weighted by atomic mass is 16.6. The molecule has 2 heterocycles. The average molecular weight is 402 g/mol. The number of ether oxygens (including phenoxy) is 2. The lowest BCUT2D eigenvalue weighted by atomic mass is 10.1. The number of carbonyl (C=O) groups excluding carboxylic acids is 1. The van der Waals surface area contributed by atoms with Crippen molar-refractivity contribution in [2.24, 2.45) is 0 Å². The zero-order valence-electron chi connectivity index (χ0n) is 16.1. The molecule has 0 aliphatic rings. The molecule has 3 rings (SSSR count). The number of amides is 1. The van der Waals surface area contributed by atoms with Crippen LogP contribution in [-0.2, 0) is 0 Å². The number of carbonyl (C=O) groups is 1. The van der Waals surface area contributed by atoms with E-state index in [9.17, 15) is 14.9 Å². The van der Waals surface area contributed by atoms with Crippen LogP contribution in [0.4, 0.5) is 11.7 Å². The summed E-state index contributed by atoms with van der Waals surface area (Å²) in [5.74, 6) is -0.383. The Hall–Kier alpha value is -3.96. The number of anilines is 1. The van der Waals surface area contributed by atoms with E-state index in [0.29, 0.717) is 5.69 Å². The second kappa shape index (κ2) is 7.96. The Balaban J connectivity index is 1.90. The number of nitro groups is 1. The standard InChI is InChI=1S/C17H18N6O6/c1-9(2)22-11(5-6-18-22)16-20-21-17(29-16)19-15(24)10-7-13(27-3)14(28-4)8-12(10)23(25)26/h5-9H,1-4H3,(H,19,21,24). The number of aromatic nitrogens is 4. The Morgan fingerprint density at radius 2 is 1.93 bits per heavy atom. The molecule has 1 amide bonds. The van der Waals surface area contributed by atoms with Crippen molar-refractivity contribution in [1.29, 1.82) is 0 Å². The molecule has 0 aliphatic carbocycles. The van der Waals surface area contributed by atoms with E-state index in [4.69, 9.17) is 13.9 Å². The van der Waals surface area contributed by atoms with Crippen LogP contribution in [0, 0.1) is 10.1 Å². The first-order valence-electron chi connectivity index (χ1n) is 8.44. The first-order chi connectivity index (χ1) is 13.8. The van der Waals surface area contributed by atoms with Crippen LogP contribution in [0.15, 0.2) is 28.8 Å². The van der Waals surface area contributed by atoms with Gasteiger partial charge < -0.3 is 13.9 Å². The van der Waals surface area contributed by atoms with Crippen LogP contribution in [0.2, 0.25) is 0 Å². The van der Waals surface area contributed by atoms with Gasteiger partial charge in [-0.2, -0.15) is 5.10 Å². The maximum atomic E-state index is 12.6. The molecule has 0 atom stereocenters. The zero-order chi connectivity index (χ0) is 21.1. The maximum Gasteiger partial charge on any atom is 0.322 e. The topological polar surface area (TPSA) is 147 Å². The third-order valence-corrected chi connectivity index (χ3v) is 3.97. The zero-order valence-corrected chi connectivity index (χ0v) is 16.1. The van der Waals surface area contributed by atoms with Gasteiger partial charge in [-0.15, -0.1) is 5.10 Å². The fourth-order valence-corrected chi connectivity index (χ4v) is 2.64. The number of nitrogens with one attached hydrogen (secondary N) is 1. The van der Waals surface area contributed by atoms with Crippen LogP contribution in [0.25, 0.3) is 11.6 Å². The van der Waals surface area contributed by atoms with Gasteiger partial charge in [-0.25, -0.2) is 0 Å². The predicted octanol–water partition coefficient (Wildman–Crippen LogP) is 2.69. The van der Waals surface area contributed by atoms with Crippen LogP contribution < -0.4 is 14.8 Å². The molecule has 0 fully saturated rings. The van der Waals surface area contributed by atoms with Gasteiger partial charge in [0.25, 0.3) is 17.5 Å². The highest BCUT2D eigenvalue weighted by Crippen LogP contribution is 2.35.